The van der Waals surface area contributed by atoms with Crippen molar-refractivity contribution in [1.82, 2.24) is 30.2 Å². The van der Waals surface area contributed by atoms with E-state index < -0.39 is 0 Å². The number of fused-ring (bicyclic) bond motifs is 3. The van der Waals surface area contributed by atoms with Gasteiger partial charge in [-0.1, -0.05) is 261 Å². The highest BCUT2D eigenvalue weighted by atomic mass is 16.3. The van der Waals surface area contributed by atoms with Crippen LogP contribution in [-0.4, -0.2) is 31.1 Å². The lowest BCUT2D eigenvalue weighted by Gasteiger charge is -2.05. The first kappa shape index (κ1) is 84.7. The highest BCUT2D eigenvalue weighted by molar-refractivity contribution is 5.79. The number of aromatic nitrogens is 5. The summed E-state index contributed by atoms with van der Waals surface area (Å²) >= 11 is 0. The maximum Gasteiger partial charge on any atom is 0.0902 e. The van der Waals surface area contributed by atoms with Crippen LogP contribution in [0.2, 0.25) is 0 Å². The number of hydrogen-bond acceptors (Lipinski definition) is 6. The minimum Gasteiger partial charge on any atom is -0.473 e. The van der Waals surface area contributed by atoms with Crippen molar-refractivity contribution in [2.45, 2.75) is 207 Å². The summed E-state index contributed by atoms with van der Waals surface area (Å²) in [7, 11) is 0. The number of pyridine rings is 1. The lowest BCUT2D eigenvalue weighted by molar-refractivity contribution is 0.469. The van der Waals surface area contributed by atoms with E-state index in [0.717, 1.165) is 29.6 Å². The predicted octanol–water partition coefficient (Wildman–Crippen LogP) is 24.5. The fourth-order valence-corrected chi connectivity index (χ4v) is 4.18. The number of allylic oxidation sites excluding steroid dienone is 2. The van der Waals surface area contributed by atoms with Gasteiger partial charge >= 0.3 is 0 Å². The SMILES string of the molecule is C1=CNC=CC1.C1=Nc2ccccc2C1.CC(C)(C)C.CC(C)(C)C.CC(C)(C)C.CC(C)(C)C.CC(C)(C)C.CC(C)(C)C.CC(C)(C)C.c1cc[nH]c1.c1ccc2[nH]ccc2c1.c1ccc2nccnc2c1.c1ccncc1.c1ccoc1. The second-order valence-electron chi connectivity index (χ2n) is 31.2. The smallest absolute Gasteiger partial charge is 0.0902 e. The molecule has 0 atom stereocenters. The van der Waals surface area contributed by atoms with Gasteiger partial charge in [-0.15, -0.1) is 0 Å². The molecule has 0 unspecified atom stereocenters. The van der Waals surface area contributed by atoms with Crippen molar-refractivity contribution in [3.05, 3.63) is 207 Å². The van der Waals surface area contributed by atoms with Gasteiger partial charge in [0, 0.05) is 61.5 Å². The van der Waals surface area contributed by atoms with Crippen molar-refractivity contribution in [3.8, 4) is 0 Å². The zero-order chi connectivity index (χ0) is 66.1. The first-order valence-corrected chi connectivity index (χ1v) is 30.1. The van der Waals surface area contributed by atoms with E-state index in [4.69, 9.17) is 0 Å². The van der Waals surface area contributed by atoms with Crippen molar-refractivity contribution in [3.63, 3.8) is 0 Å². The maximum absolute atomic E-state index is 4.58. The first-order chi connectivity index (χ1) is 38.9. The van der Waals surface area contributed by atoms with Gasteiger partial charge in [0.25, 0.3) is 0 Å². The van der Waals surface area contributed by atoms with Gasteiger partial charge in [0.15, 0.2) is 0 Å². The summed E-state index contributed by atoms with van der Waals surface area (Å²) in [5.74, 6) is 0. The molecule has 2 aliphatic heterocycles. The highest BCUT2D eigenvalue weighted by Crippen LogP contribution is 2.22. The topological polar surface area (TPSA) is 108 Å². The second kappa shape index (κ2) is 47.4. The van der Waals surface area contributed by atoms with Gasteiger partial charge in [-0.25, -0.2) is 0 Å². The van der Waals surface area contributed by atoms with E-state index in [0.29, 0.717) is 37.9 Å². The zero-order valence-corrected chi connectivity index (χ0v) is 59.2. The van der Waals surface area contributed by atoms with Gasteiger partial charge in [-0.05, 0) is 134 Å². The van der Waals surface area contributed by atoms with Gasteiger partial charge in [-0.3, -0.25) is 19.9 Å². The van der Waals surface area contributed by atoms with E-state index >= 15 is 0 Å². The molecular formula is C77H125N7O. The molecule has 85 heavy (non-hydrogen) atoms. The van der Waals surface area contributed by atoms with Crippen LogP contribution in [0.4, 0.5) is 5.69 Å². The Labute approximate surface area is 522 Å². The fourth-order valence-electron chi connectivity index (χ4n) is 4.18. The number of para-hydroxylation sites is 4. The largest absolute Gasteiger partial charge is 0.473 e. The predicted molar refractivity (Wildman–Crippen MR) is 382 cm³/mol. The maximum atomic E-state index is 4.58. The molecule has 8 aromatic rings. The van der Waals surface area contributed by atoms with E-state index in [2.05, 4.69) is 270 Å². The molecule has 7 heterocycles. The van der Waals surface area contributed by atoms with Gasteiger partial charge < -0.3 is 19.7 Å². The third kappa shape index (κ3) is 96.7. The third-order valence-corrected chi connectivity index (χ3v) is 6.56. The average molecular weight is 1160 g/mol. The molecule has 2 aliphatic rings. The number of aliphatic imine (C=N–C) groups is 1. The molecule has 0 amide bonds. The Morgan fingerprint density at radius 3 is 1.06 bits per heavy atom. The van der Waals surface area contributed by atoms with Crippen molar-refractivity contribution >= 4 is 33.8 Å². The third-order valence-electron chi connectivity index (χ3n) is 6.56. The number of aromatic amines is 2. The van der Waals surface area contributed by atoms with Crippen LogP contribution in [0.25, 0.3) is 21.9 Å². The van der Waals surface area contributed by atoms with Gasteiger partial charge in [0.1, 0.15) is 0 Å². The van der Waals surface area contributed by atoms with E-state index in [9.17, 15) is 0 Å². The number of nitrogens with zero attached hydrogens (tertiary/aromatic N) is 4. The molecule has 0 spiro atoms. The molecule has 0 aliphatic carbocycles. The van der Waals surface area contributed by atoms with Crippen LogP contribution >= 0.6 is 0 Å². The zero-order valence-electron chi connectivity index (χ0n) is 59.2. The molecule has 8 nitrogen and oxygen atoms in total. The van der Waals surface area contributed by atoms with Crippen molar-refractivity contribution < 1.29 is 4.42 Å². The van der Waals surface area contributed by atoms with Gasteiger partial charge in [0.2, 0.25) is 0 Å². The minimum atomic E-state index is 0.500. The molecule has 0 saturated heterocycles. The van der Waals surface area contributed by atoms with Crippen LogP contribution in [-0.2, 0) is 6.42 Å². The number of nitrogens with one attached hydrogen (secondary N) is 3. The molecular weight excluding hydrogens is 1040 g/mol. The average Bonchev–Trinajstić information content (AvgIpc) is 4.25. The van der Waals surface area contributed by atoms with E-state index in [1.54, 1.807) is 37.3 Å². The van der Waals surface area contributed by atoms with Crippen LogP contribution in [0, 0.1) is 37.9 Å². The molecule has 474 valence electrons. The highest BCUT2D eigenvalue weighted by Gasteiger charge is 2.02. The fraction of sp³-hybridized carbons (Fsp3) is 0.481. The van der Waals surface area contributed by atoms with E-state index in [1.165, 1.54) is 16.5 Å². The van der Waals surface area contributed by atoms with Gasteiger partial charge in [-0.2, -0.15) is 0 Å². The lowest BCUT2D eigenvalue weighted by atomic mass is 10.0. The van der Waals surface area contributed by atoms with Crippen molar-refractivity contribution in [1.29, 1.82) is 0 Å². The molecule has 3 N–H and O–H groups in total. The Kier molecular flexibility index (Phi) is 47.3. The Balaban J connectivity index is -0.000000420. The molecule has 0 radical (unpaired) electrons. The molecule has 10 rings (SSSR count). The Morgan fingerprint density at radius 1 is 0.376 bits per heavy atom. The Hall–Kier alpha value is -6.80. The van der Waals surface area contributed by atoms with Crippen molar-refractivity contribution in [2.24, 2.45) is 42.9 Å². The quantitative estimate of drug-likeness (QED) is 0.140. The number of furan rings is 1. The number of benzene rings is 3. The standard InChI is InChI=1S/C8H6N2.2C8H7N.C5H7N.C5H5N.7C5H12.C4H5N.C4H4O/c1-2-4-8-7(3-1)9-5-6-10-8;2*1-2-4-8-7(3-1)5-6-9-8;2*1-2-4-6-5-3-1;7*1-5(2,3)4;2*1-2-4-5-3-1/h1-6H;1-4,6H,5H2;1-6,9H;2-6H,1H2;1-5H;7*1-4H3;1-5H;1-4H. The van der Waals surface area contributed by atoms with Crippen LogP contribution in [0.5, 0.6) is 0 Å². The number of H-pyrrole nitrogens is 2. The Morgan fingerprint density at radius 2 is 0.765 bits per heavy atom. The van der Waals surface area contributed by atoms with Crippen LogP contribution < -0.4 is 5.32 Å². The summed E-state index contributed by atoms with van der Waals surface area (Å²) in [6.07, 6.45) is 27.9. The molecule has 0 bridgehead atoms. The molecule has 5 aromatic heterocycles. The summed E-state index contributed by atoms with van der Waals surface area (Å²) in [5, 5.41) is 4.20. The molecule has 3 aromatic carbocycles. The van der Waals surface area contributed by atoms with E-state index in [-0.39, 0.29) is 0 Å². The van der Waals surface area contributed by atoms with Crippen LogP contribution in [0.15, 0.2) is 211 Å². The summed E-state index contributed by atoms with van der Waals surface area (Å²) in [5.41, 5.74) is 9.09. The monoisotopic (exact) mass is 1160 g/mol. The van der Waals surface area contributed by atoms with Crippen molar-refractivity contribution in [2.75, 3.05) is 0 Å². The molecule has 8 heteroatoms. The van der Waals surface area contributed by atoms with Crippen LogP contribution in [0.1, 0.15) is 206 Å². The summed E-state index contributed by atoms with van der Waals surface area (Å²) in [6.45, 7) is 61.2. The summed E-state index contributed by atoms with van der Waals surface area (Å²) in [4.78, 5) is 22.2. The minimum absolute atomic E-state index is 0.500. The van der Waals surface area contributed by atoms with Crippen LogP contribution in [0.3, 0.4) is 0 Å². The number of dihydropyridines is 1. The molecule has 0 saturated carbocycles. The summed E-state index contributed by atoms with van der Waals surface area (Å²) in [6, 6.07) is 39.6. The normalized spacial score (nSPS) is 11.4. The number of hydrogen-bond donors (Lipinski definition) is 3. The lowest BCUT2D eigenvalue weighted by Crippen LogP contribution is -1.93. The Bertz CT molecular complexity index is 2370. The molecule has 0 fully saturated rings. The van der Waals surface area contributed by atoms with E-state index in [1.807, 2.05) is 134 Å². The number of rotatable bonds is 0. The second-order valence-corrected chi connectivity index (χ2v) is 31.2. The first-order valence-electron chi connectivity index (χ1n) is 30.1. The van der Waals surface area contributed by atoms with Gasteiger partial charge in [0.05, 0.1) is 29.2 Å². The summed E-state index contributed by atoms with van der Waals surface area (Å²) < 4.78 is 4.58.